The van der Waals surface area contributed by atoms with Crippen LogP contribution in [0.5, 0.6) is 0 Å². The largest absolute Gasteiger partial charge is 0.420 e. The number of nitrogens with zero attached hydrogens (tertiary/aromatic N) is 4. The minimum atomic E-state index is -0.0972. The molecule has 0 radical (unpaired) electrons. The first-order valence-corrected chi connectivity index (χ1v) is 10.3. The van der Waals surface area contributed by atoms with Gasteiger partial charge in [-0.15, -0.1) is 10.2 Å². The van der Waals surface area contributed by atoms with Crippen molar-refractivity contribution in [3.05, 3.63) is 83.4 Å². The number of hydrogen-bond acceptors (Lipinski definition) is 5. The van der Waals surface area contributed by atoms with Gasteiger partial charge in [0.05, 0.1) is 5.69 Å². The van der Waals surface area contributed by atoms with Crippen molar-refractivity contribution in [2.24, 2.45) is 0 Å². The summed E-state index contributed by atoms with van der Waals surface area (Å²) in [5.41, 5.74) is 4.16. The van der Waals surface area contributed by atoms with Crippen molar-refractivity contribution in [1.29, 1.82) is 0 Å². The first-order chi connectivity index (χ1) is 15.0. The quantitative estimate of drug-likeness (QED) is 0.487. The van der Waals surface area contributed by atoms with Gasteiger partial charge in [0.25, 0.3) is 11.8 Å². The molecular weight excluding hydrogens is 390 g/mol. The number of rotatable bonds is 7. The molecule has 0 unspecified atom stereocenters. The van der Waals surface area contributed by atoms with E-state index in [1.54, 1.807) is 11.6 Å². The molecule has 0 bridgehead atoms. The van der Waals surface area contributed by atoms with Crippen LogP contribution >= 0.6 is 0 Å². The molecule has 2 aromatic heterocycles. The van der Waals surface area contributed by atoms with Crippen LogP contribution in [0.25, 0.3) is 17.3 Å². The molecule has 4 rings (SSSR count). The van der Waals surface area contributed by atoms with Gasteiger partial charge >= 0.3 is 0 Å². The topological polar surface area (TPSA) is 85.8 Å². The Balaban J connectivity index is 1.45. The number of aryl methyl sites for hydroxylation is 3. The second kappa shape index (κ2) is 8.95. The fourth-order valence-electron chi connectivity index (χ4n) is 3.43. The zero-order valence-corrected chi connectivity index (χ0v) is 17.9. The van der Waals surface area contributed by atoms with Gasteiger partial charge in [-0.1, -0.05) is 36.4 Å². The minimum absolute atomic E-state index is 0.0650. The Morgan fingerprint density at radius 3 is 2.61 bits per heavy atom. The second-order valence-corrected chi connectivity index (χ2v) is 7.66. The fourth-order valence-corrected chi connectivity index (χ4v) is 3.43. The Morgan fingerprint density at radius 1 is 1.06 bits per heavy atom. The normalized spacial score (nSPS) is 12.0. The van der Waals surface area contributed by atoms with Crippen LogP contribution in [0.2, 0.25) is 0 Å². The second-order valence-electron chi connectivity index (χ2n) is 7.66. The SMILES string of the molecule is Cc1nnc(-c2cc(C)n(-c3cccc(C(=O)N[C@H](C)CCc4ccccc4)c3)n2)o1. The van der Waals surface area contributed by atoms with E-state index < -0.39 is 0 Å². The molecule has 0 spiro atoms. The predicted molar refractivity (Wildman–Crippen MR) is 118 cm³/mol. The first kappa shape index (κ1) is 20.5. The summed E-state index contributed by atoms with van der Waals surface area (Å²) in [6.07, 6.45) is 1.80. The molecule has 0 aliphatic carbocycles. The average Bonchev–Trinajstić information content (AvgIpc) is 3.38. The number of aromatic nitrogens is 4. The van der Waals surface area contributed by atoms with Gasteiger partial charge in [0.1, 0.15) is 5.69 Å². The average molecular weight is 415 g/mol. The zero-order valence-electron chi connectivity index (χ0n) is 17.9. The van der Waals surface area contributed by atoms with Gasteiger partial charge < -0.3 is 9.73 Å². The van der Waals surface area contributed by atoms with Gasteiger partial charge in [0.2, 0.25) is 5.89 Å². The first-order valence-electron chi connectivity index (χ1n) is 10.3. The van der Waals surface area contributed by atoms with Crippen LogP contribution in [0.4, 0.5) is 0 Å². The van der Waals surface area contributed by atoms with E-state index in [0.29, 0.717) is 23.0 Å². The van der Waals surface area contributed by atoms with Crippen molar-refractivity contribution in [3.8, 4) is 17.3 Å². The van der Waals surface area contributed by atoms with Crippen LogP contribution in [-0.4, -0.2) is 31.9 Å². The molecule has 7 heteroatoms. The number of carbonyl (C=O) groups is 1. The lowest BCUT2D eigenvalue weighted by atomic mass is 10.1. The molecule has 1 atom stereocenters. The summed E-state index contributed by atoms with van der Waals surface area (Å²) in [6, 6.07) is 19.7. The van der Waals surface area contributed by atoms with Gasteiger partial charge in [-0.05, 0) is 56.5 Å². The lowest BCUT2D eigenvalue weighted by Crippen LogP contribution is -2.32. The Morgan fingerprint density at radius 2 is 1.87 bits per heavy atom. The molecule has 0 saturated carbocycles. The summed E-state index contributed by atoms with van der Waals surface area (Å²) in [5, 5.41) is 15.5. The summed E-state index contributed by atoms with van der Waals surface area (Å²) in [4.78, 5) is 12.8. The van der Waals surface area contributed by atoms with Crippen molar-refractivity contribution in [3.63, 3.8) is 0 Å². The van der Waals surface area contributed by atoms with E-state index in [9.17, 15) is 4.79 Å². The molecule has 2 heterocycles. The Labute approximate surface area is 181 Å². The third-order valence-electron chi connectivity index (χ3n) is 5.07. The maximum atomic E-state index is 12.8. The summed E-state index contributed by atoms with van der Waals surface area (Å²) in [6.45, 7) is 5.71. The predicted octanol–water partition coefficient (Wildman–Crippen LogP) is 4.29. The van der Waals surface area contributed by atoms with Crippen molar-refractivity contribution in [2.75, 3.05) is 0 Å². The van der Waals surface area contributed by atoms with Gasteiger partial charge in [-0.3, -0.25) is 4.79 Å². The molecular formula is C24H25N5O2. The number of amides is 1. The summed E-state index contributed by atoms with van der Waals surface area (Å²) >= 11 is 0. The smallest absolute Gasteiger partial charge is 0.268 e. The van der Waals surface area contributed by atoms with Crippen LogP contribution in [0.3, 0.4) is 0 Å². The third kappa shape index (κ3) is 4.88. The Kier molecular flexibility index (Phi) is 5.93. The lowest BCUT2D eigenvalue weighted by molar-refractivity contribution is 0.0938. The van der Waals surface area contributed by atoms with E-state index in [2.05, 4.69) is 32.7 Å². The maximum absolute atomic E-state index is 12.8. The van der Waals surface area contributed by atoms with Crippen LogP contribution in [0, 0.1) is 13.8 Å². The fraction of sp³-hybridized carbons (Fsp3) is 0.250. The van der Waals surface area contributed by atoms with Crippen molar-refractivity contribution >= 4 is 5.91 Å². The van der Waals surface area contributed by atoms with Crippen LogP contribution in [-0.2, 0) is 6.42 Å². The molecule has 31 heavy (non-hydrogen) atoms. The molecule has 4 aromatic rings. The van der Waals surface area contributed by atoms with Crippen LogP contribution in [0.1, 0.15) is 40.9 Å². The highest BCUT2D eigenvalue weighted by molar-refractivity contribution is 5.94. The Bertz CT molecular complexity index is 1180. The maximum Gasteiger partial charge on any atom is 0.268 e. The highest BCUT2D eigenvalue weighted by Crippen LogP contribution is 2.21. The molecule has 0 aliphatic rings. The van der Waals surface area contributed by atoms with Gasteiger partial charge in [-0.2, -0.15) is 5.10 Å². The van der Waals surface area contributed by atoms with Gasteiger partial charge in [-0.25, -0.2) is 4.68 Å². The molecule has 0 fully saturated rings. The van der Waals surface area contributed by atoms with Crippen molar-refractivity contribution in [1.82, 2.24) is 25.3 Å². The van der Waals surface area contributed by atoms with E-state index >= 15 is 0 Å². The number of carbonyl (C=O) groups excluding carboxylic acids is 1. The van der Waals surface area contributed by atoms with E-state index in [1.165, 1.54) is 5.56 Å². The monoisotopic (exact) mass is 415 g/mol. The summed E-state index contributed by atoms with van der Waals surface area (Å²) in [7, 11) is 0. The number of nitrogens with one attached hydrogen (secondary N) is 1. The third-order valence-corrected chi connectivity index (χ3v) is 5.07. The van der Waals surface area contributed by atoms with Crippen LogP contribution < -0.4 is 5.32 Å². The highest BCUT2D eigenvalue weighted by atomic mass is 16.4. The van der Waals surface area contributed by atoms with E-state index in [-0.39, 0.29) is 11.9 Å². The van der Waals surface area contributed by atoms with Crippen molar-refractivity contribution < 1.29 is 9.21 Å². The minimum Gasteiger partial charge on any atom is -0.420 e. The standard InChI is InChI=1S/C24H25N5O2/c1-16(12-13-19-8-5-4-6-9-19)25-23(30)20-10-7-11-21(15-20)29-17(2)14-22(28-29)24-27-26-18(3)31-24/h4-11,14-16H,12-13H2,1-3H3,(H,25,30)/t16-/m1/s1. The number of benzene rings is 2. The van der Waals surface area contributed by atoms with E-state index in [4.69, 9.17) is 4.42 Å². The molecule has 2 aromatic carbocycles. The molecule has 158 valence electrons. The van der Waals surface area contributed by atoms with Crippen molar-refractivity contribution in [2.45, 2.75) is 39.7 Å². The summed E-state index contributed by atoms with van der Waals surface area (Å²) < 4.78 is 7.24. The van der Waals surface area contributed by atoms with E-state index in [1.807, 2.05) is 62.4 Å². The highest BCUT2D eigenvalue weighted by Gasteiger charge is 2.15. The van der Waals surface area contributed by atoms with Gasteiger partial charge in [0.15, 0.2) is 0 Å². The molecule has 1 N–H and O–H groups in total. The number of hydrogen-bond donors (Lipinski definition) is 1. The molecule has 0 aliphatic heterocycles. The summed E-state index contributed by atoms with van der Waals surface area (Å²) in [5.74, 6) is 0.766. The van der Waals surface area contributed by atoms with Gasteiger partial charge in [0, 0.05) is 24.2 Å². The lowest BCUT2D eigenvalue weighted by Gasteiger charge is -2.14. The van der Waals surface area contributed by atoms with Crippen LogP contribution in [0.15, 0.2) is 65.1 Å². The molecule has 7 nitrogen and oxygen atoms in total. The van der Waals surface area contributed by atoms with E-state index in [0.717, 1.165) is 24.2 Å². The molecule has 0 saturated heterocycles. The Hall–Kier alpha value is -3.74. The molecule has 1 amide bonds. The zero-order chi connectivity index (χ0) is 21.8.